The Kier molecular flexibility index (Phi) is 8.60. The molecule has 0 saturated carbocycles. The summed E-state index contributed by atoms with van der Waals surface area (Å²) in [6.07, 6.45) is 4.54. The van der Waals surface area contributed by atoms with E-state index in [0.29, 0.717) is 29.3 Å². The summed E-state index contributed by atoms with van der Waals surface area (Å²) in [5.74, 6) is 1.37. The number of hydrogen-bond donors (Lipinski definition) is 2. The highest BCUT2D eigenvalue weighted by Gasteiger charge is 2.16. The lowest BCUT2D eigenvalue weighted by molar-refractivity contribution is 0.0320. The number of nitrogens with one attached hydrogen (secondary N) is 2. The maximum Gasteiger partial charge on any atom is 0.413 e. The Hall–Kier alpha value is -4.09. The number of hydrogen-bond acceptors (Lipinski definition) is 9. The highest BCUT2D eigenvalue weighted by molar-refractivity contribution is 5.96. The van der Waals surface area contributed by atoms with Gasteiger partial charge in [0, 0.05) is 55.4 Å². The maximum absolute atomic E-state index is 11.9. The molecule has 0 bridgehead atoms. The Balaban J connectivity index is 0.00000320. The number of benzene rings is 1. The van der Waals surface area contributed by atoms with Crippen molar-refractivity contribution in [1.82, 2.24) is 29.8 Å². The van der Waals surface area contributed by atoms with Gasteiger partial charge in [-0.1, -0.05) is 7.43 Å². The predicted molar refractivity (Wildman–Crippen MR) is 140 cm³/mol. The molecule has 0 atom stereocenters. The SMILES string of the molecule is C.CCOC(=O)Nc1nc2c(-c3ncccn3)cc(-c3ccc(OCCN4CCOCC4)nc3)cc2[nH]1. The first-order chi connectivity index (χ1) is 17.7. The molecule has 1 fully saturated rings. The predicted octanol–water partition coefficient (Wildman–Crippen LogP) is 4.00. The van der Waals surface area contributed by atoms with Crippen molar-refractivity contribution in [3.05, 3.63) is 48.9 Å². The van der Waals surface area contributed by atoms with Gasteiger partial charge in [-0.15, -0.1) is 0 Å². The summed E-state index contributed by atoms with van der Waals surface area (Å²) in [5.41, 5.74) is 3.86. The first-order valence-corrected chi connectivity index (χ1v) is 11.8. The summed E-state index contributed by atoms with van der Waals surface area (Å²) in [5, 5.41) is 2.61. The Morgan fingerprint density at radius 1 is 1.14 bits per heavy atom. The molecule has 0 radical (unpaired) electrons. The van der Waals surface area contributed by atoms with Gasteiger partial charge in [-0.2, -0.15) is 0 Å². The van der Waals surface area contributed by atoms with Crippen LogP contribution in [0, 0.1) is 0 Å². The van der Waals surface area contributed by atoms with Crippen molar-refractivity contribution in [3.8, 4) is 28.4 Å². The molecule has 2 N–H and O–H groups in total. The summed E-state index contributed by atoms with van der Waals surface area (Å²) in [6.45, 7) is 6.80. The Morgan fingerprint density at radius 2 is 1.95 bits per heavy atom. The van der Waals surface area contributed by atoms with Gasteiger partial charge in [0.15, 0.2) is 5.82 Å². The Bertz CT molecular complexity index is 1310. The first-order valence-electron chi connectivity index (χ1n) is 11.8. The number of anilines is 1. The van der Waals surface area contributed by atoms with Gasteiger partial charge in [0.25, 0.3) is 0 Å². The van der Waals surface area contributed by atoms with Crippen LogP contribution in [0.4, 0.5) is 10.7 Å². The van der Waals surface area contributed by atoms with Crippen LogP contribution >= 0.6 is 0 Å². The lowest BCUT2D eigenvalue weighted by Crippen LogP contribution is -2.38. The number of amides is 1. The van der Waals surface area contributed by atoms with Gasteiger partial charge < -0.3 is 19.2 Å². The third kappa shape index (κ3) is 6.38. The van der Waals surface area contributed by atoms with Crippen molar-refractivity contribution in [2.24, 2.45) is 0 Å². The quantitative estimate of drug-likeness (QED) is 0.365. The molecule has 0 unspecified atom stereocenters. The number of aromatic nitrogens is 5. The van der Waals surface area contributed by atoms with Crippen molar-refractivity contribution in [3.63, 3.8) is 0 Å². The molecule has 194 valence electrons. The normalized spacial score (nSPS) is 13.6. The number of nitrogens with zero attached hydrogens (tertiary/aromatic N) is 5. The Labute approximate surface area is 215 Å². The lowest BCUT2D eigenvalue weighted by Gasteiger charge is -2.26. The van der Waals surface area contributed by atoms with Gasteiger partial charge in [0.1, 0.15) is 12.1 Å². The van der Waals surface area contributed by atoms with Crippen LogP contribution in [0.2, 0.25) is 0 Å². The minimum atomic E-state index is -0.581. The number of rotatable bonds is 8. The molecule has 0 aliphatic carbocycles. The number of morpholine rings is 1. The van der Waals surface area contributed by atoms with Crippen LogP contribution in [0.3, 0.4) is 0 Å². The second kappa shape index (κ2) is 12.2. The zero-order valence-electron chi connectivity index (χ0n) is 19.9. The summed E-state index contributed by atoms with van der Waals surface area (Å²) in [4.78, 5) is 35.2. The molecule has 1 amide bonds. The number of fused-ring (bicyclic) bond motifs is 1. The van der Waals surface area contributed by atoms with Crippen LogP contribution in [0.5, 0.6) is 5.88 Å². The van der Waals surface area contributed by atoms with Crippen LogP contribution in [0.25, 0.3) is 33.5 Å². The molecule has 11 nitrogen and oxygen atoms in total. The van der Waals surface area contributed by atoms with Crippen LogP contribution < -0.4 is 10.1 Å². The fraction of sp³-hybridized carbons (Fsp3) is 0.346. The Morgan fingerprint density at radius 3 is 2.68 bits per heavy atom. The van der Waals surface area contributed by atoms with Gasteiger partial charge in [0.2, 0.25) is 11.8 Å². The van der Waals surface area contributed by atoms with Crippen molar-refractivity contribution in [2.75, 3.05) is 51.4 Å². The van der Waals surface area contributed by atoms with Crippen molar-refractivity contribution >= 4 is 23.1 Å². The molecule has 3 aromatic heterocycles. The molecule has 5 rings (SSSR count). The topological polar surface area (TPSA) is 127 Å². The number of H-pyrrole nitrogens is 1. The molecular formula is C26H31N7O4. The minimum Gasteiger partial charge on any atom is -0.476 e. The van der Waals surface area contributed by atoms with E-state index in [4.69, 9.17) is 14.2 Å². The number of aromatic amines is 1. The molecule has 11 heteroatoms. The second-order valence-electron chi connectivity index (χ2n) is 8.11. The number of ether oxygens (including phenoxy) is 3. The number of pyridine rings is 1. The van der Waals surface area contributed by atoms with E-state index in [1.54, 1.807) is 31.6 Å². The largest absolute Gasteiger partial charge is 0.476 e. The van der Waals surface area contributed by atoms with E-state index in [9.17, 15) is 4.79 Å². The van der Waals surface area contributed by atoms with Gasteiger partial charge in [0.05, 0.1) is 25.3 Å². The molecule has 0 spiro atoms. The average Bonchev–Trinajstić information content (AvgIpc) is 3.32. The minimum absolute atomic E-state index is 0. The van der Waals surface area contributed by atoms with E-state index in [-0.39, 0.29) is 20.0 Å². The van der Waals surface area contributed by atoms with Crippen LogP contribution in [-0.2, 0) is 9.47 Å². The maximum atomic E-state index is 11.9. The van der Waals surface area contributed by atoms with Gasteiger partial charge in [-0.3, -0.25) is 10.2 Å². The molecule has 1 aliphatic heterocycles. The fourth-order valence-electron chi connectivity index (χ4n) is 3.96. The van der Waals surface area contributed by atoms with Crippen LogP contribution in [0.1, 0.15) is 14.4 Å². The standard InChI is InChI=1S/C25H27N7O4.CH4/c1-2-35-25(33)31-24-29-20-15-18(14-19(22(20)30-24)23-26-6-3-7-27-23)17-4-5-21(28-16-17)36-13-10-32-8-11-34-12-9-32;/h3-7,14-16H,2,8-13H2,1H3,(H2,29,30,31,33);1H4. The summed E-state index contributed by atoms with van der Waals surface area (Å²) >= 11 is 0. The fourth-order valence-corrected chi connectivity index (χ4v) is 3.96. The lowest BCUT2D eigenvalue weighted by atomic mass is 10.0. The molecule has 1 aromatic carbocycles. The third-order valence-electron chi connectivity index (χ3n) is 5.72. The number of imidazole rings is 1. The van der Waals surface area contributed by atoms with Gasteiger partial charge in [-0.05, 0) is 36.8 Å². The summed E-state index contributed by atoms with van der Waals surface area (Å²) in [7, 11) is 0. The van der Waals surface area contributed by atoms with Crippen LogP contribution in [-0.4, -0.2) is 82.0 Å². The molecule has 4 aromatic rings. The summed E-state index contributed by atoms with van der Waals surface area (Å²) < 4.78 is 16.2. The van der Waals surface area contributed by atoms with E-state index in [1.165, 1.54) is 0 Å². The molecule has 1 saturated heterocycles. The van der Waals surface area contributed by atoms with E-state index < -0.39 is 6.09 Å². The van der Waals surface area contributed by atoms with Crippen molar-refractivity contribution < 1.29 is 19.0 Å². The molecule has 4 heterocycles. The molecule has 37 heavy (non-hydrogen) atoms. The highest BCUT2D eigenvalue weighted by atomic mass is 16.5. The number of carbonyl (C=O) groups is 1. The monoisotopic (exact) mass is 505 g/mol. The van der Waals surface area contributed by atoms with E-state index in [0.717, 1.165) is 49.5 Å². The van der Waals surface area contributed by atoms with Crippen LogP contribution in [0.15, 0.2) is 48.9 Å². The van der Waals surface area contributed by atoms with Gasteiger partial charge in [-0.25, -0.2) is 24.7 Å². The van der Waals surface area contributed by atoms with Gasteiger partial charge >= 0.3 is 6.09 Å². The smallest absolute Gasteiger partial charge is 0.413 e. The van der Waals surface area contributed by atoms with Crippen molar-refractivity contribution in [2.45, 2.75) is 14.4 Å². The first kappa shape index (κ1) is 26.0. The molecular weight excluding hydrogens is 474 g/mol. The molecule has 1 aliphatic rings. The van der Waals surface area contributed by atoms with E-state index in [2.05, 4.69) is 35.1 Å². The average molecular weight is 506 g/mol. The third-order valence-corrected chi connectivity index (χ3v) is 5.72. The zero-order valence-corrected chi connectivity index (χ0v) is 19.9. The van der Waals surface area contributed by atoms with Crippen molar-refractivity contribution in [1.29, 1.82) is 0 Å². The summed E-state index contributed by atoms with van der Waals surface area (Å²) in [6, 6.07) is 9.48. The zero-order chi connectivity index (χ0) is 24.7. The highest BCUT2D eigenvalue weighted by Crippen LogP contribution is 2.32. The van der Waals surface area contributed by atoms with E-state index in [1.807, 2.05) is 24.3 Å². The second-order valence-corrected chi connectivity index (χ2v) is 8.11. The number of carbonyl (C=O) groups excluding carboxylic acids is 1. The van der Waals surface area contributed by atoms with E-state index >= 15 is 0 Å².